The molecule has 0 aliphatic carbocycles. The molecule has 0 N–H and O–H groups in total. The van der Waals surface area contributed by atoms with Crippen molar-refractivity contribution in [3.05, 3.63) is 58.5 Å². The van der Waals surface area contributed by atoms with Crippen LogP contribution in [-0.4, -0.2) is 49.1 Å². The third-order valence-corrected chi connectivity index (χ3v) is 4.51. The number of hydrogen-bond acceptors (Lipinski definition) is 5. The zero-order valence-corrected chi connectivity index (χ0v) is 14.5. The lowest BCUT2D eigenvalue weighted by atomic mass is 10.2. The van der Waals surface area contributed by atoms with Crippen molar-refractivity contribution < 1.29 is 13.9 Å². The lowest BCUT2D eigenvalue weighted by Gasteiger charge is -2.34. The van der Waals surface area contributed by atoms with Gasteiger partial charge in [-0.25, -0.2) is 4.79 Å². The Balaban J connectivity index is 1.52. The Morgan fingerprint density at radius 3 is 2.54 bits per heavy atom. The van der Waals surface area contributed by atoms with Gasteiger partial charge in [0, 0.05) is 37.7 Å². The first-order chi connectivity index (χ1) is 11.7. The number of carbonyl (C=O) groups excluding carboxylic acids is 1. The Kier molecular flexibility index (Phi) is 5.56. The summed E-state index contributed by atoms with van der Waals surface area (Å²) in [5, 5.41) is 0.777. The monoisotopic (exact) mass is 348 g/mol. The van der Waals surface area contributed by atoms with Crippen LogP contribution in [-0.2, 0) is 17.8 Å². The van der Waals surface area contributed by atoms with Gasteiger partial charge in [-0.05, 0) is 23.8 Å². The number of esters is 1. The van der Waals surface area contributed by atoms with Crippen LogP contribution in [0.3, 0.4) is 0 Å². The molecule has 5 nitrogen and oxygen atoms in total. The van der Waals surface area contributed by atoms with E-state index in [9.17, 15) is 4.79 Å². The summed E-state index contributed by atoms with van der Waals surface area (Å²) in [6, 6.07) is 9.66. The zero-order chi connectivity index (χ0) is 16.9. The fourth-order valence-corrected chi connectivity index (χ4v) is 3.17. The fraction of sp³-hybridized carbons (Fsp3) is 0.389. The third kappa shape index (κ3) is 4.17. The van der Waals surface area contributed by atoms with Gasteiger partial charge in [0.2, 0.25) is 0 Å². The highest BCUT2D eigenvalue weighted by atomic mass is 35.5. The molecule has 0 radical (unpaired) electrons. The van der Waals surface area contributed by atoms with Crippen molar-refractivity contribution in [2.75, 3.05) is 33.3 Å². The molecule has 3 rings (SSSR count). The van der Waals surface area contributed by atoms with Crippen molar-refractivity contribution in [1.29, 1.82) is 0 Å². The largest absolute Gasteiger partial charge is 0.467 e. The van der Waals surface area contributed by atoms with Crippen LogP contribution in [0.25, 0.3) is 0 Å². The smallest absolute Gasteiger partial charge is 0.341 e. The SMILES string of the molecule is COC(=O)c1ccoc1CN1CCN(Cc2cccc(Cl)c2)CC1. The molecule has 1 aromatic heterocycles. The third-order valence-electron chi connectivity index (χ3n) is 4.28. The van der Waals surface area contributed by atoms with E-state index < -0.39 is 0 Å². The summed E-state index contributed by atoms with van der Waals surface area (Å²) in [6.07, 6.45) is 1.54. The minimum atomic E-state index is -0.349. The fourth-order valence-electron chi connectivity index (χ4n) is 2.96. The number of methoxy groups -OCH3 is 1. The number of nitrogens with zero attached hydrogens (tertiary/aromatic N) is 2. The van der Waals surface area contributed by atoms with Crippen LogP contribution < -0.4 is 0 Å². The van der Waals surface area contributed by atoms with Crippen LogP contribution in [0.2, 0.25) is 5.02 Å². The number of furan rings is 1. The van der Waals surface area contributed by atoms with Gasteiger partial charge in [-0.3, -0.25) is 9.80 Å². The van der Waals surface area contributed by atoms with Gasteiger partial charge in [0.15, 0.2) is 0 Å². The highest BCUT2D eigenvalue weighted by molar-refractivity contribution is 6.30. The predicted molar refractivity (Wildman–Crippen MR) is 92.1 cm³/mol. The Morgan fingerprint density at radius 2 is 1.88 bits per heavy atom. The first-order valence-electron chi connectivity index (χ1n) is 7.99. The van der Waals surface area contributed by atoms with Crippen molar-refractivity contribution in [2.24, 2.45) is 0 Å². The summed E-state index contributed by atoms with van der Waals surface area (Å²) in [6.45, 7) is 5.34. The summed E-state index contributed by atoms with van der Waals surface area (Å²) >= 11 is 6.04. The normalized spacial score (nSPS) is 16.2. The molecule has 24 heavy (non-hydrogen) atoms. The van der Waals surface area contributed by atoms with Crippen LogP contribution in [0.4, 0.5) is 0 Å². The first kappa shape index (κ1) is 17.0. The minimum absolute atomic E-state index is 0.349. The van der Waals surface area contributed by atoms with Gasteiger partial charge >= 0.3 is 5.97 Å². The number of ether oxygens (including phenoxy) is 1. The van der Waals surface area contributed by atoms with Gasteiger partial charge in [0.25, 0.3) is 0 Å². The first-order valence-corrected chi connectivity index (χ1v) is 8.37. The van der Waals surface area contributed by atoms with E-state index in [0.29, 0.717) is 17.9 Å². The van der Waals surface area contributed by atoms with Crippen LogP contribution in [0.15, 0.2) is 41.0 Å². The molecule has 0 atom stereocenters. The number of halogens is 1. The van der Waals surface area contributed by atoms with E-state index in [1.807, 2.05) is 18.2 Å². The molecule has 6 heteroatoms. The quantitative estimate of drug-likeness (QED) is 0.777. The molecule has 0 saturated carbocycles. The summed E-state index contributed by atoms with van der Waals surface area (Å²) in [5.74, 6) is 0.323. The summed E-state index contributed by atoms with van der Waals surface area (Å²) in [7, 11) is 1.38. The molecule has 128 valence electrons. The van der Waals surface area contributed by atoms with E-state index in [-0.39, 0.29) is 5.97 Å². The Labute approximate surface area is 146 Å². The van der Waals surface area contributed by atoms with Gasteiger partial charge in [0.05, 0.1) is 19.9 Å². The summed E-state index contributed by atoms with van der Waals surface area (Å²) in [5.41, 5.74) is 1.74. The molecule has 0 unspecified atom stereocenters. The van der Waals surface area contributed by atoms with Crippen LogP contribution >= 0.6 is 11.6 Å². The maximum atomic E-state index is 11.7. The Morgan fingerprint density at radius 1 is 1.17 bits per heavy atom. The molecule has 1 aromatic carbocycles. The molecular formula is C18H21ClN2O3. The second kappa shape index (κ2) is 7.83. The molecule has 1 fully saturated rings. The van der Waals surface area contributed by atoms with Crippen LogP contribution in [0.1, 0.15) is 21.7 Å². The van der Waals surface area contributed by atoms with E-state index in [2.05, 4.69) is 15.9 Å². The average molecular weight is 349 g/mol. The van der Waals surface area contributed by atoms with Gasteiger partial charge in [0.1, 0.15) is 11.3 Å². The molecule has 0 bridgehead atoms. The van der Waals surface area contributed by atoms with Crippen molar-refractivity contribution in [3.8, 4) is 0 Å². The Hall–Kier alpha value is -1.82. The molecule has 2 heterocycles. The summed E-state index contributed by atoms with van der Waals surface area (Å²) in [4.78, 5) is 16.4. The number of rotatable bonds is 5. The molecule has 1 saturated heterocycles. The predicted octanol–water partition coefficient (Wildman–Crippen LogP) is 3.04. The number of piperazine rings is 1. The number of hydrogen-bond donors (Lipinski definition) is 0. The molecule has 0 spiro atoms. The van der Waals surface area contributed by atoms with E-state index in [1.54, 1.807) is 6.07 Å². The van der Waals surface area contributed by atoms with E-state index in [4.69, 9.17) is 20.8 Å². The highest BCUT2D eigenvalue weighted by Gasteiger charge is 2.21. The zero-order valence-electron chi connectivity index (χ0n) is 13.7. The van der Waals surface area contributed by atoms with E-state index >= 15 is 0 Å². The van der Waals surface area contributed by atoms with Gasteiger partial charge in [-0.2, -0.15) is 0 Å². The lowest BCUT2D eigenvalue weighted by molar-refractivity contribution is 0.0594. The molecule has 0 amide bonds. The average Bonchev–Trinajstić information content (AvgIpc) is 3.04. The van der Waals surface area contributed by atoms with E-state index in [0.717, 1.165) is 37.7 Å². The highest BCUT2D eigenvalue weighted by Crippen LogP contribution is 2.17. The maximum absolute atomic E-state index is 11.7. The Bertz CT molecular complexity index is 693. The van der Waals surface area contributed by atoms with Crippen molar-refractivity contribution in [2.45, 2.75) is 13.1 Å². The van der Waals surface area contributed by atoms with E-state index in [1.165, 1.54) is 18.9 Å². The van der Waals surface area contributed by atoms with Crippen molar-refractivity contribution in [3.63, 3.8) is 0 Å². The second-order valence-corrected chi connectivity index (χ2v) is 6.37. The van der Waals surface area contributed by atoms with Crippen molar-refractivity contribution >= 4 is 17.6 Å². The molecule has 1 aliphatic heterocycles. The lowest BCUT2D eigenvalue weighted by Crippen LogP contribution is -2.45. The molecule has 1 aliphatic rings. The maximum Gasteiger partial charge on any atom is 0.341 e. The topological polar surface area (TPSA) is 45.9 Å². The standard InChI is InChI=1S/C18H21ClN2O3/c1-23-18(22)16-5-10-24-17(16)13-21-8-6-20(7-9-21)12-14-3-2-4-15(19)11-14/h2-5,10-11H,6-9,12-13H2,1H3. The summed E-state index contributed by atoms with van der Waals surface area (Å²) < 4.78 is 10.2. The minimum Gasteiger partial charge on any atom is -0.467 e. The van der Waals surface area contributed by atoms with Gasteiger partial charge in [-0.1, -0.05) is 23.7 Å². The van der Waals surface area contributed by atoms with Crippen LogP contribution in [0, 0.1) is 0 Å². The second-order valence-electron chi connectivity index (χ2n) is 5.93. The molecule has 2 aromatic rings. The van der Waals surface area contributed by atoms with Crippen molar-refractivity contribution in [1.82, 2.24) is 9.80 Å². The molecular weight excluding hydrogens is 328 g/mol. The number of carbonyl (C=O) groups is 1. The van der Waals surface area contributed by atoms with Gasteiger partial charge < -0.3 is 9.15 Å². The van der Waals surface area contributed by atoms with Gasteiger partial charge in [-0.15, -0.1) is 0 Å². The van der Waals surface area contributed by atoms with Crippen LogP contribution in [0.5, 0.6) is 0 Å². The number of benzene rings is 1.